The molecule has 0 aliphatic carbocycles. The Balaban J connectivity index is 1.79. The summed E-state index contributed by atoms with van der Waals surface area (Å²) in [5.41, 5.74) is 0.884. The van der Waals surface area contributed by atoms with Crippen molar-refractivity contribution in [3.8, 4) is 17.5 Å². The monoisotopic (exact) mass is 439 g/mol. The molecule has 0 fully saturated rings. The van der Waals surface area contributed by atoms with Crippen LogP contribution in [-0.2, 0) is 16.0 Å². The van der Waals surface area contributed by atoms with Gasteiger partial charge in [-0.15, -0.1) is 0 Å². The third kappa shape index (κ3) is 6.49. The van der Waals surface area contributed by atoms with E-state index in [1.165, 1.54) is 49.7 Å². The number of halogens is 1. The highest BCUT2D eigenvalue weighted by Crippen LogP contribution is 2.25. The van der Waals surface area contributed by atoms with Gasteiger partial charge in [0.15, 0.2) is 0 Å². The number of nitrogens with one attached hydrogen (secondary N) is 1. The van der Waals surface area contributed by atoms with Crippen LogP contribution in [0.1, 0.15) is 29.8 Å². The topological polar surface area (TPSA) is 99.6 Å². The van der Waals surface area contributed by atoms with Crippen LogP contribution in [-0.4, -0.2) is 35.1 Å². The smallest absolute Gasteiger partial charge is 0.310 e. The number of aromatic nitrogens is 2. The largest absolute Gasteiger partial charge is 0.475 e. The molecular weight excluding hydrogens is 417 g/mol. The molecule has 8 nitrogen and oxygen atoms in total. The second-order valence-corrected chi connectivity index (χ2v) is 7.01. The lowest BCUT2D eigenvalue weighted by atomic mass is 10.2. The van der Waals surface area contributed by atoms with Gasteiger partial charge in [-0.3, -0.25) is 9.59 Å². The Labute approximate surface area is 184 Å². The SMILES string of the molecule is COC(=O)Cc1ccc(NC(=O)c2cc(Oc3ccc(F)cc3)nc(OC(C)C)c2)nc1. The van der Waals surface area contributed by atoms with Gasteiger partial charge in [0.25, 0.3) is 5.91 Å². The number of ether oxygens (including phenoxy) is 3. The van der Waals surface area contributed by atoms with Crippen LogP contribution in [0, 0.1) is 5.82 Å². The summed E-state index contributed by atoms with van der Waals surface area (Å²) < 4.78 is 29.1. The zero-order chi connectivity index (χ0) is 23.1. The first kappa shape index (κ1) is 22.7. The van der Waals surface area contributed by atoms with Crippen molar-refractivity contribution in [1.82, 2.24) is 9.97 Å². The first-order valence-electron chi connectivity index (χ1n) is 9.77. The zero-order valence-electron chi connectivity index (χ0n) is 17.8. The number of carbonyl (C=O) groups excluding carboxylic acids is 2. The van der Waals surface area contributed by atoms with Crippen LogP contribution in [0.25, 0.3) is 0 Å². The predicted molar refractivity (Wildman–Crippen MR) is 114 cm³/mol. The van der Waals surface area contributed by atoms with Crippen LogP contribution in [0.3, 0.4) is 0 Å². The fourth-order valence-electron chi connectivity index (χ4n) is 2.62. The van der Waals surface area contributed by atoms with Crippen LogP contribution in [0.5, 0.6) is 17.5 Å². The fourth-order valence-corrected chi connectivity index (χ4v) is 2.62. The van der Waals surface area contributed by atoms with Gasteiger partial charge in [0.2, 0.25) is 11.8 Å². The van der Waals surface area contributed by atoms with E-state index in [9.17, 15) is 14.0 Å². The lowest BCUT2D eigenvalue weighted by molar-refractivity contribution is -0.139. The molecule has 0 bridgehead atoms. The molecule has 3 aromatic rings. The molecule has 1 N–H and O–H groups in total. The van der Waals surface area contributed by atoms with E-state index < -0.39 is 11.7 Å². The summed E-state index contributed by atoms with van der Waals surface area (Å²) in [5.74, 6) is -0.271. The minimum Gasteiger partial charge on any atom is -0.475 e. The van der Waals surface area contributed by atoms with Gasteiger partial charge in [-0.05, 0) is 49.7 Å². The fraction of sp³-hybridized carbons (Fsp3) is 0.217. The molecule has 0 saturated carbocycles. The molecule has 1 amide bonds. The number of esters is 1. The van der Waals surface area contributed by atoms with Crippen molar-refractivity contribution in [2.75, 3.05) is 12.4 Å². The minimum absolute atomic E-state index is 0.0854. The number of nitrogens with zero attached hydrogens (tertiary/aromatic N) is 2. The van der Waals surface area contributed by atoms with Gasteiger partial charge < -0.3 is 19.5 Å². The van der Waals surface area contributed by atoms with E-state index in [4.69, 9.17) is 9.47 Å². The lowest BCUT2D eigenvalue weighted by Crippen LogP contribution is -2.15. The van der Waals surface area contributed by atoms with Crippen molar-refractivity contribution < 1.29 is 28.2 Å². The Hall–Kier alpha value is -4.01. The van der Waals surface area contributed by atoms with Gasteiger partial charge in [-0.25, -0.2) is 9.37 Å². The molecule has 0 spiro atoms. The van der Waals surface area contributed by atoms with Gasteiger partial charge in [0.1, 0.15) is 17.4 Å². The number of carbonyl (C=O) groups is 2. The average Bonchev–Trinajstić information content (AvgIpc) is 2.76. The maximum Gasteiger partial charge on any atom is 0.310 e. The number of anilines is 1. The quantitative estimate of drug-likeness (QED) is 0.526. The highest BCUT2D eigenvalue weighted by Gasteiger charge is 2.14. The van der Waals surface area contributed by atoms with Gasteiger partial charge >= 0.3 is 5.97 Å². The van der Waals surface area contributed by atoms with Gasteiger partial charge in [0, 0.05) is 18.3 Å². The molecule has 0 radical (unpaired) electrons. The van der Waals surface area contributed by atoms with E-state index >= 15 is 0 Å². The molecule has 2 aromatic heterocycles. The number of benzene rings is 1. The summed E-state index contributed by atoms with van der Waals surface area (Å²) in [7, 11) is 1.31. The molecule has 0 aliphatic rings. The second-order valence-electron chi connectivity index (χ2n) is 7.01. The van der Waals surface area contributed by atoms with Crippen molar-refractivity contribution >= 4 is 17.7 Å². The van der Waals surface area contributed by atoms with Gasteiger partial charge in [-0.2, -0.15) is 4.98 Å². The Morgan fingerprint density at radius 2 is 1.78 bits per heavy atom. The molecule has 0 atom stereocenters. The number of amides is 1. The normalized spacial score (nSPS) is 10.5. The highest BCUT2D eigenvalue weighted by atomic mass is 19.1. The van der Waals surface area contributed by atoms with Crippen LogP contribution >= 0.6 is 0 Å². The summed E-state index contributed by atoms with van der Waals surface area (Å²) in [4.78, 5) is 32.5. The van der Waals surface area contributed by atoms with E-state index in [0.29, 0.717) is 17.1 Å². The molecule has 9 heteroatoms. The first-order valence-corrected chi connectivity index (χ1v) is 9.77. The van der Waals surface area contributed by atoms with E-state index in [0.717, 1.165) is 0 Å². The lowest BCUT2D eigenvalue weighted by Gasteiger charge is -2.13. The van der Waals surface area contributed by atoms with Crippen molar-refractivity contribution in [1.29, 1.82) is 0 Å². The second kappa shape index (κ2) is 10.3. The predicted octanol–water partition coefficient (Wildman–Crippen LogP) is 4.16. The summed E-state index contributed by atoms with van der Waals surface area (Å²) in [6, 6.07) is 11.6. The Morgan fingerprint density at radius 1 is 1.06 bits per heavy atom. The summed E-state index contributed by atoms with van der Waals surface area (Å²) in [5, 5.41) is 2.68. The van der Waals surface area contributed by atoms with E-state index in [1.807, 2.05) is 13.8 Å². The number of methoxy groups -OCH3 is 1. The number of hydrogen-bond donors (Lipinski definition) is 1. The number of rotatable bonds is 8. The van der Waals surface area contributed by atoms with Gasteiger partial charge in [-0.1, -0.05) is 6.07 Å². The zero-order valence-corrected chi connectivity index (χ0v) is 17.8. The first-order chi connectivity index (χ1) is 15.3. The molecule has 32 heavy (non-hydrogen) atoms. The third-order valence-electron chi connectivity index (χ3n) is 4.08. The van der Waals surface area contributed by atoms with Gasteiger partial charge in [0.05, 0.1) is 25.2 Å². The standard InChI is InChI=1S/C23H22FN3O5/c1-14(2)31-20-11-16(12-21(27-20)32-18-7-5-17(24)6-8-18)23(29)26-19-9-4-15(13-25-19)10-22(28)30-3/h4-9,11-14H,10H2,1-3H3,(H,25,26,29). The minimum atomic E-state index is -0.460. The Bertz CT molecular complexity index is 1090. The van der Waals surface area contributed by atoms with E-state index in [2.05, 4.69) is 20.0 Å². The van der Waals surface area contributed by atoms with E-state index in [1.54, 1.807) is 12.1 Å². The summed E-state index contributed by atoms with van der Waals surface area (Å²) in [6.07, 6.45) is 1.39. The Kier molecular flexibility index (Phi) is 7.33. The molecule has 0 unspecified atom stereocenters. The summed E-state index contributed by atoms with van der Waals surface area (Å²) >= 11 is 0. The number of hydrogen-bond acceptors (Lipinski definition) is 7. The van der Waals surface area contributed by atoms with Crippen molar-refractivity contribution in [3.05, 3.63) is 71.7 Å². The molecule has 2 heterocycles. The Morgan fingerprint density at radius 3 is 2.41 bits per heavy atom. The van der Waals surface area contributed by atoms with Crippen LogP contribution in [0.2, 0.25) is 0 Å². The molecule has 166 valence electrons. The van der Waals surface area contributed by atoms with Crippen molar-refractivity contribution in [2.24, 2.45) is 0 Å². The molecule has 0 saturated heterocycles. The molecule has 3 rings (SSSR count). The maximum absolute atomic E-state index is 13.1. The average molecular weight is 439 g/mol. The van der Waals surface area contributed by atoms with Crippen LogP contribution in [0.4, 0.5) is 10.2 Å². The van der Waals surface area contributed by atoms with Crippen LogP contribution in [0.15, 0.2) is 54.7 Å². The summed E-state index contributed by atoms with van der Waals surface area (Å²) in [6.45, 7) is 3.66. The molecule has 1 aromatic carbocycles. The molecular formula is C23H22FN3O5. The third-order valence-corrected chi connectivity index (χ3v) is 4.08. The van der Waals surface area contributed by atoms with Crippen molar-refractivity contribution in [3.63, 3.8) is 0 Å². The highest BCUT2D eigenvalue weighted by molar-refractivity contribution is 6.04. The van der Waals surface area contributed by atoms with Crippen LogP contribution < -0.4 is 14.8 Å². The molecule has 0 aliphatic heterocycles. The van der Waals surface area contributed by atoms with Crippen molar-refractivity contribution in [2.45, 2.75) is 26.4 Å². The van der Waals surface area contributed by atoms with E-state index in [-0.39, 0.29) is 35.8 Å². The maximum atomic E-state index is 13.1. The number of pyridine rings is 2.